The molecule has 1 aliphatic rings. The number of allylic oxidation sites excluding steroid dienone is 22. The molecule has 0 aromatic rings. The van der Waals surface area contributed by atoms with Crippen molar-refractivity contribution in [3.8, 4) is 0 Å². The maximum absolute atomic E-state index is 12.7. The molecule has 1 rings (SSSR count). The summed E-state index contributed by atoms with van der Waals surface area (Å²) in [6, 6.07) is 0. The highest BCUT2D eigenvalue weighted by Crippen LogP contribution is 2.22. The van der Waals surface area contributed by atoms with E-state index in [2.05, 4.69) is 129 Å². The van der Waals surface area contributed by atoms with Crippen LogP contribution in [0.3, 0.4) is 0 Å². The summed E-state index contributed by atoms with van der Waals surface area (Å²) in [7, 11) is 0. The highest BCUT2D eigenvalue weighted by Gasteiger charge is 2.44. The molecule has 6 atom stereocenters. The summed E-state index contributed by atoms with van der Waals surface area (Å²) in [5.74, 6) is -0.990. The van der Waals surface area contributed by atoms with Crippen LogP contribution in [0.4, 0.5) is 0 Å². The van der Waals surface area contributed by atoms with Crippen LogP contribution in [0.1, 0.15) is 117 Å². The average molecular weight is 849 g/mol. The zero-order valence-electron chi connectivity index (χ0n) is 36.8. The number of carbonyl (C=O) groups is 2. The molecule has 0 spiro atoms. The molecule has 0 saturated carbocycles. The van der Waals surface area contributed by atoms with Crippen LogP contribution in [0.2, 0.25) is 0 Å². The molecule has 1 fully saturated rings. The predicted octanol–water partition coefficient (Wildman–Crippen LogP) is 9.66. The lowest BCUT2D eigenvalue weighted by Crippen LogP contribution is -2.59. The fourth-order valence-electron chi connectivity index (χ4n) is 5.60. The van der Waals surface area contributed by atoms with Crippen LogP contribution < -0.4 is 0 Å². The van der Waals surface area contributed by atoms with Crippen LogP contribution in [0.15, 0.2) is 134 Å². The molecule has 0 aromatic heterocycles. The summed E-state index contributed by atoms with van der Waals surface area (Å²) >= 11 is 0. The molecule has 1 saturated heterocycles. The number of hydrogen-bond acceptors (Lipinski definition) is 10. The van der Waals surface area contributed by atoms with Gasteiger partial charge in [0.1, 0.15) is 31.0 Å². The Kier molecular flexibility index (Phi) is 35.9. The van der Waals surface area contributed by atoms with Crippen molar-refractivity contribution < 1.29 is 49.0 Å². The summed E-state index contributed by atoms with van der Waals surface area (Å²) < 4.78 is 22.0. The lowest BCUT2D eigenvalue weighted by molar-refractivity contribution is -0.305. The Balaban J connectivity index is 2.45. The number of aliphatic hydroxyl groups is 4. The van der Waals surface area contributed by atoms with Gasteiger partial charge in [0.25, 0.3) is 0 Å². The molecular formula is C51H76O10. The van der Waals surface area contributed by atoms with Gasteiger partial charge in [-0.25, -0.2) is 0 Å². The molecule has 1 heterocycles. The largest absolute Gasteiger partial charge is 0.462 e. The Bertz CT molecular complexity index is 1440. The maximum Gasteiger partial charge on any atom is 0.306 e. The minimum atomic E-state index is -1.63. The summed E-state index contributed by atoms with van der Waals surface area (Å²) in [4.78, 5) is 25.3. The van der Waals surface area contributed by atoms with E-state index in [1.54, 1.807) is 0 Å². The molecule has 4 N–H and O–H groups in total. The van der Waals surface area contributed by atoms with Crippen LogP contribution in [-0.2, 0) is 28.5 Å². The van der Waals surface area contributed by atoms with Crippen LogP contribution in [-0.4, -0.2) is 89.0 Å². The highest BCUT2D eigenvalue weighted by atomic mass is 16.7. The first-order valence-corrected chi connectivity index (χ1v) is 22.3. The van der Waals surface area contributed by atoms with Gasteiger partial charge in [0.05, 0.1) is 13.2 Å². The second-order valence-corrected chi connectivity index (χ2v) is 14.4. The summed E-state index contributed by atoms with van der Waals surface area (Å²) in [6.07, 6.45) is 50.4. The zero-order chi connectivity index (χ0) is 44.4. The second-order valence-electron chi connectivity index (χ2n) is 14.4. The molecule has 0 amide bonds. The van der Waals surface area contributed by atoms with Gasteiger partial charge in [0.15, 0.2) is 12.4 Å². The van der Waals surface area contributed by atoms with Crippen molar-refractivity contribution in [2.45, 2.75) is 153 Å². The van der Waals surface area contributed by atoms with Crippen LogP contribution in [0.25, 0.3) is 0 Å². The van der Waals surface area contributed by atoms with Crippen molar-refractivity contribution >= 4 is 11.9 Å². The van der Waals surface area contributed by atoms with Gasteiger partial charge in [-0.05, 0) is 89.9 Å². The van der Waals surface area contributed by atoms with Gasteiger partial charge in [-0.3, -0.25) is 9.59 Å². The first kappa shape index (κ1) is 54.9. The molecule has 0 aromatic carbocycles. The third-order valence-corrected chi connectivity index (χ3v) is 9.04. The first-order valence-electron chi connectivity index (χ1n) is 22.3. The van der Waals surface area contributed by atoms with Gasteiger partial charge in [-0.2, -0.15) is 0 Å². The highest BCUT2D eigenvalue weighted by molar-refractivity contribution is 5.70. The van der Waals surface area contributed by atoms with Crippen molar-refractivity contribution in [1.82, 2.24) is 0 Å². The van der Waals surface area contributed by atoms with E-state index in [1.165, 1.54) is 0 Å². The minimum absolute atomic E-state index is 0.126. The van der Waals surface area contributed by atoms with Gasteiger partial charge in [0, 0.05) is 12.8 Å². The fraction of sp³-hybridized carbons (Fsp3) is 0.529. The third kappa shape index (κ3) is 31.4. The van der Waals surface area contributed by atoms with Gasteiger partial charge in [0.2, 0.25) is 0 Å². The number of ether oxygens (including phenoxy) is 4. The van der Waals surface area contributed by atoms with E-state index in [0.717, 1.165) is 70.6 Å². The molecule has 10 heteroatoms. The van der Waals surface area contributed by atoms with Gasteiger partial charge < -0.3 is 39.4 Å². The van der Waals surface area contributed by atoms with E-state index in [-0.39, 0.29) is 26.1 Å². The average Bonchev–Trinajstić information content (AvgIpc) is 3.26. The lowest BCUT2D eigenvalue weighted by atomic mass is 9.99. The Labute approximate surface area is 366 Å². The summed E-state index contributed by atoms with van der Waals surface area (Å²) in [5.41, 5.74) is 0. The van der Waals surface area contributed by atoms with E-state index in [9.17, 15) is 30.0 Å². The number of aliphatic hydroxyl groups excluding tert-OH is 4. The quantitative estimate of drug-likeness (QED) is 0.0280. The molecule has 0 bridgehead atoms. The van der Waals surface area contributed by atoms with Crippen LogP contribution in [0.5, 0.6) is 0 Å². The molecular weight excluding hydrogens is 773 g/mol. The minimum Gasteiger partial charge on any atom is -0.462 e. The van der Waals surface area contributed by atoms with Crippen molar-refractivity contribution in [3.63, 3.8) is 0 Å². The van der Waals surface area contributed by atoms with Crippen LogP contribution >= 0.6 is 0 Å². The molecule has 0 aliphatic carbocycles. The predicted molar refractivity (Wildman–Crippen MR) is 246 cm³/mol. The number of carbonyl (C=O) groups excluding carboxylic acids is 2. The third-order valence-electron chi connectivity index (χ3n) is 9.04. The molecule has 2 unspecified atom stereocenters. The van der Waals surface area contributed by atoms with Crippen molar-refractivity contribution in [2.24, 2.45) is 0 Å². The standard InChI is InChI=1S/C51H76O10/c1-3-5-7-9-11-13-15-17-19-21-22-24-25-27-29-31-33-35-37-39-46(53)58-42-44(43-59-51-50(57)49(56)48(55)45(41-52)61-51)60-47(54)40-38-36-34-32-30-28-26-23-20-18-16-14-12-10-8-6-4-2/h5-8,11-14,17-20,22,24,26-29,32-35,44-45,48-52,55-57H,3-4,9-10,15-16,21,23,25,30-31,36-43H2,1-2H3/b7-5+,8-6+,13-11+,14-12+,19-17+,20-18+,24-22+,28-26+,29-27+,34-32+,35-33+/t44-,45-,48+,49?,50?,51-/m0/s1. The maximum atomic E-state index is 12.7. The molecule has 1 aliphatic heterocycles. The summed E-state index contributed by atoms with van der Waals surface area (Å²) in [6.45, 7) is 3.03. The van der Waals surface area contributed by atoms with Crippen molar-refractivity contribution in [2.75, 3.05) is 19.8 Å². The van der Waals surface area contributed by atoms with E-state index in [1.807, 2.05) is 18.2 Å². The monoisotopic (exact) mass is 849 g/mol. The number of unbranched alkanes of at least 4 members (excludes halogenated alkanes) is 1. The smallest absolute Gasteiger partial charge is 0.306 e. The first-order chi connectivity index (χ1) is 29.8. The Morgan fingerprint density at radius 2 is 0.918 bits per heavy atom. The number of hydrogen-bond donors (Lipinski definition) is 4. The summed E-state index contributed by atoms with van der Waals surface area (Å²) in [5, 5.41) is 40.1. The van der Waals surface area contributed by atoms with Gasteiger partial charge >= 0.3 is 11.9 Å². The Morgan fingerprint density at radius 3 is 1.34 bits per heavy atom. The normalized spacial score (nSPS) is 21.0. The zero-order valence-corrected chi connectivity index (χ0v) is 36.8. The van der Waals surface area contributed by atoms with Crippen LogP contribution in [0, 0.1) is 0 Å². The van der Waals surface area contributed by atoms with Gasteiger partial charge in [-0.1, -0.05) is 148 Å². The molecule has 10 nitrogen and oxygen atoms in total. The number of rotatable bonds is 34. The van der Waals surface area contributed by atoms with E-state index in [0.29, 0.717) is 19.3 Å². The topological polar surface area (TPSA) is 152 Å². The van der Waals surface area contributed by atoms with Crippen molar-refractivity contribution in [3.05, 3.63) is 134 Å². The molecule has 340 valence electrons. The van der Waals surface area contributed by atoms with Gasteiger partial charge in [-0.15, -0.1) is 0 Å². The SMILES string of the molecule is CC/C=C/C/C=C/C/C=C/C/C=C/C/C=C/C/C=C/CCC(=O)OC[C@@H](CO[C@H]1O[C@@H](CO)[C@@H](O)C(O)C1O)OC(=O)CCC/C=C/C/C=C/C/C=C/C/C=C/C/C=C/CC. The lowest BCUT2D eigenvalue weighted by Gasteiger charge is -2.39. The fourth-order valence-corrected chi connectivity index (χ4v) is 5.60. The van der Waals surface area contributed by atoms with E-state index < -0.39 is 55.4 Å². The number of esters is 2. The van der Waals surface area contributed by atoms with Crippen molar-refractivity contribution in [1.29, 1.82) is 0 Å². The van der Waals surface area contributed by atoms with E-state index >= 15 is 0 Å². The second kappa shape index (κ2) is 39.9. The molecule has 0 radical (unpaired) electrons. The Morgan fingerprint density at radius 1 is 0.508 bits per heavy atom. The Hall–Kier alpha value is -4.16. The molecule has 61 heavy (non-hydrogen) atoms. The van der Waals surface area contributed by atoms with E-state index in [4.69, 9.17) is 18.9 Å².